The van der Waals surface area contributed by atoms with Gasteiger partial charge in [-0.3, -0.25) is 4.79 Å². The van der Waals surface area contributed by atoms with E-state index in [9.17, 15) is 9.59 Å². The minimum atomic E-state index is -0.702. The molecule has 1 heterocycles. The van der Waals surface area contributed by atoms with Gasteiger partial charge in [0.05, 0.1) is 24.2 Å². The highest BCUT2D eigenvalue weighted by molar-refractivity contribution is 9.10. The average Bonchev–Trinajstić information content (AvgIpc) is 2.78. The zero-order valence-electron chi connectivity index (χ0n) is 17.7. The lowest BCUT2D eigenvalue weighted by Crippen LogP contribution is -2.24. The van der Waals surface area contributed by atoms with Crippen LogP contribution in [0.2, 0.25) is 0 Å². The zero-order chi connectivity index (χ0) is 22.4. The first-order valence-electron chi connectivity index (χ1n) is 10.0. The summed E-state index contributed by atoms with van der Waals surface area (Å²) >= 11 is 3.41. The van der Waals surface area contributed by atoms with E-state index in [1.807, 2.05) is 12.1 Å². The van der Waals surface area contributed by atoms with E-state index in [-0.39, 0.29) is 5.56 Å². The highest BCUT2D eigenvalue weighted by Gasteiger charge is 2.14. The molecule has 0 saturated heterocycles. The molecule has 2 aromatic carbocycles. The van der Waals surface area contributed by atoms with Crippen LogP contribution in [0.1, 0.15) is 38.1 Å². The third-order valence-corrected chi connectivity index (χ3v) is 5.17. The van der Waals surface area contributed by atoms with Gasteiger partial charge in [0.25, 0.3) is 5.56 Å². The first-order valence-corrected chi connectivity index (χ1v) is 10.8. The second kappa shape index (κ2) is 10.3. The Labute approximate surface area is 188 Å². The van der Waals surface area contributed by atoms with Crippen LogP contribution in [0.25, 0.3) is 10.9 Å². The fourth-order valence-corrected chi connectivity index (χ4v) is 3.35. The number of halogens is 1. The number of ether oxygens (including phenoxy) is 2. The summed E-state index contributed by atoms with van der Waals surface area (Å²) in [6, 6.07) is 12.5. The lowest BCUT2D eigenvalue weighted by atomic mass is 10.2. The van der Waals surface area contributed by atoms with Gasteiger partial charge in [-0.05, 0) is 61.4 Å². The average molecular weight is 486 g/mol. The van der Waals surface area contributed by atoms with E-state index in [0.717, 1.165) is 22.9 Å². The number of rotatable bonds is 8. The maximum absolute atomic E-state index is 13.1. The molecule has 0 aliphatic rings. The molecule has 7 nitrogen and oxygen atoms in total. The zero-order valence-corrected chi connectivity index (χ0v) is 19.3. The molecule has 0 amide bonds. The van der Waals surface area contributed by atoms with Gasteiger partial charge in [-0.1, -0.05) is 29.3 Å². The van der Waals surface area contributed by atoms with E-state index in [1.165, 1.54) is 11.8 Å². The molecule has 0 spiro atoms. The van der Waals surface area contributed by atoms with Crippen molar-refractivity contribution in [2.45, 2.75) is 39.2 Å². The van der Waals surface area contributed by atoms with Gasteiger partial charge in [-0.2, -0.15) is 9.78 Å². The number of hydrogen-bond donors (Lipinski definition) is 0. The van der Waals surface area contributed by atoms with Gasteiger partial charge in [0.1, 0.15) is 11.6 Å². The Morgan fingerprint density at radius 2 is 2.00 bits per heavy atom. The first-order chi connectivity index (χ1) is 14.9. The number of fused-ring (bicyclic) bond motifs is 1. The lowest BCUT2D eigenvalue weighted by Gasteiger charge is -2.12. The number of carbonyl (C=O) groups excluding carboxylic acids is 1. The Kier molecular flexibility index (Phi) is 7.57. The van der Waals surface area contributed by atoms with Crippen molar-refractivity contribution in [1.82, 2.24) is 9.66 Å². The third kappa shape index (κ3) is 5.58. The minimum absolute atomic E-state index is 0.208. The van der Waals surface area contributed by atoms with Crippen molar-refractivity contribution >= 4 is 39.0 Å². The van der Waals surface area contributed by atoms with E-state index >= 15 is 0 Å². The number of aryl methyl sites for hydroxylation is 1. The SMILES string of the molecule is CCCCc1nc2ccc(Br)cc2c(=O)n1N=Cc1ccc(O[C@H](C)C(=O)OC)cc1. The molecular formula is C23H24BrN3O4. The molecule has 0 N–H and O–H groups in total. The number of aromatic nitrogens is 2. The van der Waals surface area contributed by atoms with Crippen LogP contribution < -0.4 is 10.3 Å². The van der Waals surface area contributed by atoms with Crippen molar-refractivity contribution in [3.8, 4) is 5.75 Å². The Hall–Kier alpha value is -3.00. The van der Waals surface area contributed by atoms with Gasteiger partial charge in [-0.25, -0.2) is 9.78 Å². The smallest absolute Gasteiger partial charge is 0.346 e. The van der Waals surface area contributed by atoms with Crippen molar-refractivity contribution in [2.75, 3.05) is 7.11 Å². The normalized spacial score (nSPS) is 12.3. The van der Waals surface area contributed by atoms with Gasteiger partial charge in [-0.15, -0.1) is 0 Å². The maximum atomic E-state index is 13.1. The van der Waals surface area contributed by atoms with Gasteiger partial charge >= 0.3 is 5.97 Å². The molecule has 0 unspecified atom stereocenters. The largest absolute Gasteiger partial charge is 0.479 e. The van der Waals surface area contributed by atoms with E-state index in [0.29, 0.717) is 28.9 Å². The standard InChI is InChI=1S/C23H24BrN3O4/c1-4-5-6-21-26-20-12-9-17(24)13-19(20)22(28)27(21)25-14-16-7-10-18(11-8-16)31-15(2)23(29)30-3/h7-15H,4-6H2,1-3H3/t15-/m1/s1. The summed E-state index contributed by atoms with van der Waals surface area (Å²) < 4.78 is 12.4. The highest BCUT2D eigenvalue weighted by atomic mass is 79.9. The molecular weight excluding hydrogens is 462 g/mol. The van der Waals surface area contributed by atoms with Crippen molar-refractivity contribution in [1.29, 1.82) is 0 Å². The van der Waals surface area contributed by atoms with Crippen LogP contribution in [-0.4, -0.2) is 35.1 Å². The van der Waals surface area contributed by atoms with Crippen LogP contribution in [0.4, 0.5) is 0 Å². The van der Waals surface area contributed by atoms with Crippen LogP contribution in [0.3, 0.4) is 0 Å². The molecule has 0 saturated carbocycles. The number of nitrogens with zero attached hydrogens (tertiary/aromatic N) is 3. The van der Waals surface area contributed by atoms with Gasteiger partial charge in [0, 0.05) is 10.9 Å². The monoisotopic (exact) mass is 485 g/mol. The Balaban J connectivity index is 1.90. The molecule has 3 aromatic rings. The van der Waals surface area contributed by atoms with Crippen molar-refractivity contribution in [3.63, 3.8) is 0 Å². The molecule has 1 aromatic heterocycles. The number of benzene rings is 2. The van der Waals surface area contributed by atoms with E-state index in [1.54, 1.807) is 43.5 Å². The number of carbonyl (C=O) groups is 1. The van der Waals surface area contributed by atoms with E-state index in [2.05, 4.69) is 37.7 Å². The summed E-state index contributed by atoms with van der Waals surface area (Å²) in [4.78, 5) is 29.2. The Bertz CT molecular complexity index is 1160. The molecule has 0 aliphatic carbocycles. The topological polar surface area (TPSA) is 82.8 Å². The molecule has 0 bridgehead atoms. The summed E-state index contributed by atoms with van der Waals surface area (Å²) in [7, 11) is 1.32. The van der Waals surface area contributed by atoms with Crippen molar-refractivity contribution in [2.24, 2.45) is 5.10 Å². The van der Waals surface area contributed by atoms with Crippen LogP contribution >= 0.6 is 15.9 Å². The van der Waals surface area contributed by atoms with Crippen molar-refractivity contribution < 1.29 is 14.3 Å². The second-order valence-corrected chi connectivity index (χ2v) is 7.92. The first kappa shape index (κ1) is 22.7. The molecule has 1 atom stereocenters. The minimum Gasteiger partial charge on any atom is -0.479 e. The summed E-state index contributed by atoms with van der Waals surface area (Å²) in [5, 5.41) is 4.93. The van der Waals surface area contributed by atoms with Crippen LogP contribution in [-0.2, 0) is 16.0 Å². The third-order valence-electron chi connectivity index (χ3n) is 4.68. The number of hydrogen-bond acceptors (Lipinski definition) is 6. The number of esters is 1. The fraction of sp³-hybridized carbons (Fsp3) is 0.304. The molecule has 162 valence electrons. The fourth-order valence-electron chi connectivity index (χ4n) is 2.99. The lowest BCUT2D eigenvalue weighted by molar-refractivity contribution is -0.147. The molecule has 0 fully saturated rings. The Morgan fingerprint density at radius 1 is 1.26 bits per heavy atom. The number of unbranched alkanes of at least 4 members (excludes halogenated alkanes) is 1. The predicted octanol–water partition coefficient (Wildman–Crippen LogP) is 4.32. The maximum Gasteiger partial charge on any atom is 0.346 e. The van der Waals surface area contributed by atoms with Crippen LogP contribution in [0.5, 0.6) is 5.75 Å². The van der Waals surface area contributed by atoms with Crippen molar-refractivity contribution in [3.05, 3.63) is 68.7 Å². The quantitative estimate of drug-likeness (QED) is 0.350. The summed E-state index contributed by atoms with van der Waals surface area (Å²) in [6.07, 6.45) is 3.47. The molecule has 3 rings (SSSR count). The molecule has 31 heavy (non-hydrogen) atoms. The Morgan fingerprint density at radius 3 is 2.68 bits per heavy atom. The van der Waals surface area contributed by atoms with E-state index < -0.39 is 12.1 Å². The number of methoxy groups -OCH3 is 1. The molecule has 8 heteroatoms. The summed E-state index contributed by atoms with van der Waals surface area (Å²) in [5.74, 6) is 0.720. The highest BCUT2D eigenvalue weighted by Crippen LogP contribution is 2.17. The van der Waals surface area contributed by atoms with Gasteiger partial charge in [0.2, 0.25) is 0 Å². The van der Waals surface area contributed by atoms with Crippen LogP contribution in [0, 0.1) is 0 Å². The molecule has 0 radical (unpaired) electrons. The second-order valence-electron chi connectivity index (χ2n) is 7.01. The molecule has 0 aliphatic heterocycles. The summed E-state index contributed by atoms with van der Waals surface area (Å²) in [5.41, 5.74) is 1.23. The van der Waals surface area contributed by atoms with Gasteiger partial charge < -0.3 is 9.47 Å². The summed E-state index contributed by atoms with van der Waals surface area (Å²) in [6.45, 7) is 3.71. The predicted molar refractivity (Wildman–Crippen MR) is 124 cm³/mol. The van der Waals surface area contributed by atoms with E-state index in [4.69, 9.17) is 4.74 Å². The van der Waals surface area contributed by atoms with Gasteiger partial charge in [0.15, 0.2) is 6.10 Å². The van der Waals surface area contributed by atoms with Crippen LogP contribution in [0.15, 0.2) is 56.8 Å².